The molecule has 288 valence electrons. The fraction of sp³-hybridized carbons (Fsp3) is 0.306. The highest BCUT2D eigenvalue weighted by Crippen LogP contribution is 2.32. The fourth-order valence-electron chi connectivity index (χ4n) is 5.50. The molecule has 0 aliphatic rings. The van der Waals surface area contributed by atoms with E-state index in [1.807, 2.05) is 14.0 Å². The van der Waals surface area contributed by atoms with Gasteiger partial charge in [-0.15, -0.1) is 0 Å². The third-order valence-electron chi connectivity index (χ3n) is 8.15. The van der Waals surface area contributed by atoms with E-state index in [2.05, 4.69) is 47.6 Å². The van der Waals surface area contributed by atoms with Gasteiger partial charge in [0.15, 0.2) is 17.6 Å². The molecular formula is C36H42N12O7. The molecule has 0 atom stereocenters. The van der Waals surface area contributed by atoms with Crippen LogP contribution in [0.4, 0.5) is 17.5 Å². The number of fused-ring (bicyclic) bond motifs is 1. The molecule has 5 rings (SSSR count). The Labute approximate surface area is 315 Å². The quantitative estimate of drug-likeness (QED) is 0.0352. The van der Waals surface area contributed by atoms with Crippen LogP contribution in [0.5, 0.6) is 5.75 Å². The number of aliphatic imine (C=N–C) groups is 1. The summed E-state index contributed by atoms with van der Waals surface area (Å²) in [6.45, 7) is 9.99. The predicted molar refractivity (Wildman–Crippen MR) is 203 cm³/mol. The number of amides is 4. The molecule has 1 aromatic carbocycles. The monoisotopic (exact) mass is 754 g/mol. The number of aryl methyl sites for hydroxylation is 3. The number of hydrogen-bond acceptors (Lipinski definition) is 14. The molecule has 4 heterocycles. The third-order valence-corrected chi connectivity index (χ3v) is 8.15. The molecule has 19 nitrogen and oxygen atoms in total. The smallest absolute Gasteiger partial charge is 0.295 e. The van der Waals surface area contributed by atoms with Crippen molar-refractivity contribution >= 4 is 58.8 Å². The number of nitrogens with two attached hydrogens (primary N) is 2. The van der Waals surface area contributed by atoms with Crippen molar-refractivity contribution in [2.45, 2.75) is 40.2 Å². The molecular weight excluding hydrogens is 712 g/mol. The average Bonchev–Trinajstić information content (AvgIpc) is 3.88. The van der Waals surface area contributed by atoms with E-state index >= 15 is 0 Å². The van der Waals surface area contributed by atoms with E-state index in [0.717, 1.165) is 0 Å². The van der Waals surface area contributed by atoms with Crippen LogP contribution in [0, 0.1) is 13.8 Å². The van der Waals surface area contributed by atoms with Crippen LogP contribution < -0.4 is 37.1 Å². The number of ether oxygens (including phenoxy) is 1. The van der Waals surface area contributed by atoms with E-state index in [0.29, 0.717) is 66.1 Å². The summed E-state index contributed by atoms with van der Waals surface area (Å²) in [7, 11) is 1.83. The van der Waals surface area contributed by atoms with E-state index in [4.69, 9.17) is 25.0 Å². The number of aromatic nitrogens is 5. The Bertz CT molecular complexity index is 2250. The highest BCUT2D eigenvalue weighted by atomic mass is 16.5. The van der Waals surface area contributed by atoms with Crippen molar-refractivity contribution in [2.75, 3.05) is 43.6 Å². The van der Waals surface area contributed by atoms with Gasteiger partial charge in [0.05, 0.1) is 36.2 Å². The van der Waals surface area contributed by atoms with Crippen molar-refractivity contribution in [1.29, 1.82) is 0 Å². The highest BCUT2D eigenvalue weighted by molar-refractivity contribution is 6.03. The molecule has 4 amide bonds. The van der Waals surface area contributed by atoms with Crippen LogP contribution in [0.2, 0.25) is 0 Å². The number of carbonyl (C=O) groups is 4. The number of benzene rings is 1. The van der Waals surface area contributed by atoms with Gasteiger partial charge in [-0.1, -0.05) is 19.1 Å². The number of allylic oxidation sites excluding steroid dienone is 1. The number of primary amides is 2. The number of pyridine rings is 1. The molecule has 0 unspecified atom stereocenters. The molecule has 5 aromatic rings. The number of carbonyl (C=O) groups excluding carboxylic acids is 4. The maximum Gasteiger partial charge on any atom is 0.295 e. The first-order valence-electron chi connectivity index (χ1n) is 17.2. The lowest BCUT2D eigenvalue weighted by atomic mass is 10.1. The Morgan fingerprint density at radius 1 is 1.00 bits per heavy atom. The first-order valence-corrected chi connectivity index (χ1v) is 17.2. The van der Waals surface area contributed by atoms with Crippen molar-refractivity contribution in [1.82, 2.24) is 35.1 Å². The van der Waals surface area contributed by atoms with Gasteiger partial charge in [-0.25, -0.2) is 19.9 Å². The van der Waals surface area contributed by atoms with Crippen LogP contribution in [0.15, 0.2) is 56.6 Å². The van der Waals surface area contributed by atoms with Crippen LogP contribution in [0.25, 0.3) is 11.0 Å². The molecule has 4 aromatic heterocycles. The standard InChI is InChI=1S/C36H42N12O7/c1-6-24-30(55-21(3)44-24)35(52)43-19-47(33-26(40-5)15-23(17-42-33)32(38)50)11-7-8-12-48-29-25(45-36(48)46-34(51)28-18-41-20(2)54-28)14-22(31(37)49)16-27(29)53-13-9-10-39-4/h7-8,14-18,39H,5-6,9-13,19H2,1-4H3,(H2,37,49)(H2,38,50)(H,43,52)(H,45,46,51)/b8-7+. The summed E-state index contributed by atoms with van der Waals surface area (Å²) in [6, 6.07) is 4.50. The van der Waals surface area contributed by atoms with Crippen molar-refractivity contribution in [3.05, 3.63) is 82.9 Å². The Balaban J connectivity index is 1.49. The maximum absolute atomic E-state index is 13.2. The van der Waals surface area contributed by atoms with Gasteiger partial charge in [0.1, 0.15) is 17.0 Å². The minimum atomic E-state index is -0.696. The first kappa shape index (κ1) is 39.3. The number of rotatable bonds is 19. The molecule has 7 N–H and O–H groups in total. The Morgan fingerprint density at radius 2 is 1.78 bits per heavy atom. The van der Waals surface area contributed by atoms with Crippen LogP contribution in [-0.4, -0.2) is 88.3 Å². The second-order valence-electron chi connectivity index (χ2n) is 12.1. The molecule has 19 heteroatoms. The molecule has 0 spiro atoms. The van der Waals surface area contributed by atoms with Gasteiger partial charge >= 0.3 is 0 Å². The van der Waals surface area contributed by atoms with Gasteiger partial charge in [0, 0.05) is 38.7 Å². The molecule has 0 bridgehead atoms. The summed E-state index contributed by atoms with van der Waals surface area (Å²) in [5.41, 5.74) is 13.0. The summed E-state index contributed by atoms with van der Waals surface area (Å²) in [6.07, 6.45) is 7.35. The second kappa shape index (κ2) is 17.8. The molecule has 0 saturated heterocycles. The number of hydrogen-bond donors (Lipinski definition) is 5. The van der Waals surface area contributed by atoms with Crippen molar-refractivity contribution in [3.63, 3.8) is 0 Å². The van der Waals surface area contributed by atoms with Crippen molar-refractivity contribution < 1.29 is 32.7 Å². The van der Waals surface area contributed by atoms with E-state index < -0.39 is 23.6 Å². The van der Waals surface area contributed by atoms with E-state index in [9.17, 15) is 19.2 Å². The van der Waals surface area contributed by atoms with E-state index in [-0.39, 0.29) is 54.0 Å². The lowest BCUT2D eigenvalue weighted by molar-refractivity contribution is 0.0921. The van der Waals surface area contributed by atoms with Gasteiger partial charge in [-0.05, 0) is 51.4 Å². The average molecular weight is 755 g/mol. The first-order chi connectivity index (χ1) is 26.4. The van der Waals surface area contributed by atoms with E-state index in [1.54, 1.807) is 35.5 Å². The minimum absolute atomic E-state index is 0.0289. The van der Waals surface area contributed by atoms with Crippen LogP contribution in [0.3, 0.4) is 0 Å². The molecule has 55 heavy (non-hydrogen) atoms. The molecule has 0 aliphatic carbocycles. The Morgan fingerprint density at radius 3 is 2.45 bits per heavy atom. The maximum atomic E-state index is 13.2. The van der Waals surface area contributed by atoms with Crippen LogP contribution in [-0.2, 0) is 13.0 Å². The SMILES string of the molecule is C=Nc1cc(C(N)=O)cnc1N(C/C=C/Cn1c(NC(=O)c2cnc(C)o2)nc2cc(C(N)=O)cc(OCCCNC)c21)CNC(=O)c1oc(C)nc1CC. The zero-order valence-corrected chi connectivity index (χ0v) is 30.8. The van der Waals surface area contributed by atoms with Gasteiger partial charge in [0.2, 0.25) is 29.3 Å². The molecule has 0 radical (unpaired) electrons. The molecule has 0 saturated carbocycles. The summed E-state index contributed by atoms with van der Waals surface area (Å²) in [4.78, 5) is 73.6. The number of anilines is 2. The summed E-state index contributed by atoms with van der Waals surface area (Å²) in [5.74, 6) is -0.969. The summed E-state index contributed by atoms with van der Waals surface area (Å²) >= 11 is 0. The lowest BCUT2D eigenvalue weighted by Crippen LogP contribution is -2.38. The Kier molecular flexibility index (Phi) is 12.7. The van der Waals surface area contributed by atoms with Gasteiger partial charge in [-0.2, -0.15) is 0 Å². The molecule has 0 fully saturated rings. The topological polar surface area (TPSA) is 264 Å². The van der Waals surface area contributed by atoms with Gasteiger partial charge in [-0.3, -0.25) is 29.5 Å². The highest BCUT2D eigenvalue weighted by Gasteiger charge is 2.23. The fourth-order valence-corrected chi connectivity index (χ4v) is 5.50. The van der Waals surface area contributed by atoms with Crippen LogP contribution in [0.1, 0.15) is 72.6 Å². The number of nitrogens with zero attached hydrogens (tertiary/aromatic N) is 7. The lowest BCUT2D eigenvalue weighted by Gasteiger charge is -2.24. The van der Waals surface area contributed by atoms with E-state index in [1.165, 1.54) is 30.6 Å². The second-order valence-corrected chi connectivity index (χ2v) is 12.1. The predicted octanol–water partition coefficient (Wildman–Crippen LogP) is 2.81. The number of oxazole rings is 2. The summed E-state index contributed by atoms with van der Waals surface area (Å²) < 4.78 is 18.8. The summed E-state index contributed by atoms with van der Waals surface area (Å²) in [5, 5.41) is 8.68. The molecule has 0 aliphatic heterocycles. The zero-order chi connectivity index (χ0) is 39.6. The number of imidazole rings is 1. The van der Waals surface area contributed by atoms with Gasteiger partial charge in [0.25, 0.3) is 11.8 Å². The minimum Gasteiger partial charge on any atom is -0.491 e. The Hall–Kier alpha value is -6.89. The van der Waals surface area contributed by atoms with Crippen molar-refractivity contribution in [2.24, 2.45) is 16.5 Å². The van der Waals surface area contributed by atoms with Crippen LogP contribution >= 0.6 is 0 Å². The van der Waals surface area contributed by atoms with Crippen molar-refractivity contribution in [3.8, 4) is 5.75 Å². The zero-order valence-electron chi connectivity index (χ0n) is 30.8. The third kappa shape index (κ3) is 9.38. The normalized spacial score (nSPS) is 11.2. The van der Waals surface area contributed by atoms with Gasteiger partial charge < -0.3 is 45.1 Å². The largest absolute Gasteiger partial charge is 0.491 e. The number of nitrogens with one attached hydrogen (secondary N) is 3.